The molecule has 0 saturated heterocycles. The fourth-order valence-electron chi connectivity index (χ4n) is 4.11. The minimum Gasteiger partial charge on any atom is -0.353 e. The van der Waals surface area contributed by atoms with Gasteiger partial charge in [-0.1, -0.05) is 30.3 Å². The fraction of sp³-hybridized carbons (Fsp3) is 0.174. The maximum Gasteiger partial charge on any atom is 0.260 e. The van der Waals surface area contributed by atoms with E-state index in [1.807, 2.05) is 12.1 Å². The van der Waals surface area contributed by atoms with Crippen molar-refractivity contribution in [2.45, 2.75) is 6.17 Å². The van der Waals surface area contributed by atoms with E-state index in [9.17, 15) is 14.4 Å². The predicted octanol–water partition coefficient (Wildman–Crippen LogP) is 1.82. The smallest absolute Gasteiger partial charge is 0.260 e. The predicted molar refractivity (Wildman–Crippen MR) is 117 cm³/mol. The number of benzene rings is 2. The highest BCUT2D eigenvalue weighted by molar-refractivity contribution is 6.17. The Kier molecular flexibility index (Phi) is 4.98. The van der Waals surface area contributed by atoms with E-state index >= 15 is 0 Å². The molecular formula is C23H20N6O3. The number of anilines is 2. The summed E-state index contributed by atoms with van der Waals surface area (Å²) in [6.45, 7) is 0.598. The molecule has 0 radical (unpaired) electrons. The second-order valence-corrected chi connectivity index (χ2v) is 7.44. The van der Waals surface area contributed by atoms with E-state index in [-0.39, 0.29) is 24.3 Å². The summed E-state index contributed by atoms with van der Waals surface area (Å²) >= 11 is 0. The molecule has 0 bridgehead atoms. The first-order valence-electron chi connectivity index (χ1n) is 10.3. The van der Waals surface area contributed by atoms with Crippen LogP contribution in [-0.2, 0) is 4.79 Å². The van der Waals surface area contributed by atoms with Crippen LogP contribution in [0.1, 0.15) is 32.4 Å². The summed E-state index contributed by atoms with van der Waals surface area (Å²) in [7, 11) is 0. The van der Waals surface area contributed by atoms with Crippen LogP contribution >= 0.6 is 0 Å². The molecule has 2 aliphatic rings. The van der Waals surface area contributed by atoms with Gasteiger partial charge in [0.1, 0.15) is 12.7 Å². The zero-order valence-electron chi connectivity index (χ0n) is 17.1. The highest BCUT2D eigenvalue weighted by Gasteiger charge is 2.47. The molecule has 0 spiro atoms. The third-order valence-corrected chi connectivity index (χ3v) is 5.49. The number of carbonyl (C=O) groups is 3. The molecule has 32 heavy (non-hydrogen) atoms. The lowest BCUT2D eigenvalue weighted by Gasteiger charge is -2.40. The standard InChI is InChI=1S/C23H20N6O3/c30-19(24-12-13-27-23-25-10-5-11-26-23)14-28-20-15-6-1-2-7-16(15)22(32)29(20)18-9-4-3-8-17(18)21(28)31/h1-11,20H,12-14H2,(H,24,30)(H,25,26,27)/t20-/m0/s1. The lowest BCUT2D eigenvalue weighted by atomic mass is 10.0. The third-order valence-electron chi connectivity index (χ3n) is 5.49. The van der Waals surface area contributed by atoms with Gasteiger partial charge in [0.15, 0.2) is 0 Å². The summed E-state index contributed by atoms with van der Waals surface area (Å²) < 4.78 is 0. The van der Waals surface area contributed by atoms with Gasteiger partial charge >= 0.3 is 0 Å². The average molecular weight is 428 g/mol. The van der Waals surface area contributed by atoms with Crippen molar-refractivity contribution in [3.05, 3.63) is 83.7 Å². The average Bonchev–Trinajstić information content (AvgIpc) is 3.13. The Morgan fingerprint density at radius 2 is 1.59 bits per heavy atom. The Balaban J connectivity index is 1.34. The molecule has 2 aromatic carbocycles. The second-order valence-electron chi connectivity index (χ2n) is 7.44. The van der Waals surface area contributed by atoms with Crippen molar-refractivity contribution < 1.29 is 14.4 Å². The van der Waals surface area contributed by atoms with Gasteiger partial charge in [0, 0.05) is 36.6 Å². The van der Waals surface area contributed by atoms with Crippen LogP contribution in [0.3, 0.4) is 0 Å². The number of hydrogen-bond acceptors (Lipinski definition) is 6. The Morgan fingerprint density at radius 1 is 0.875 bits per heavy atom. The van der Waals surface area contributed by atoms with Crippen molar-refractivity contribution in [2.75, 3.05) is 29.9 Å². The lowest BCUT2D eigenvalue weighted by Crippen LogP contribution is -2.51. The molecular weight excluding hydrogens is 408 g/mol. The van der Waals surface area contributed by atoms with Crippen LogP contribution in [0.2, 0.25) is 0 Å². The number of rotatable bonds is 6. The Bertz CT molecular complexity index is 1200. The molecule has 3 aromatic rings. The van der Waals surface area contributed by atoms with Gasteiger partial charge in [-0.15, -0.1) is 0 Å². The molecule has 2 N–H and O–H groups in total. The zero-order valence-corrected chi connectivity index (χ0v) is 17.1. The second kappa shape index (κ2) is 8.10. The first kappa shape index (κ1) is 19.7. The number of amides is 3. The molecule has 3 amide bonds. The normalized spacial score (nSPS) is 16.3. The fourth-order valence-corrected chi connectivity index (χ4v) is 4.11. The minimum absolute atomic E-state index is 0.169. The van der Waals surface area contributed by atoms with E-state index < -0.39 is 6.17 Å². The van der Waals surface area contributed by atoms with Gasteiger partial charge < -0.3 is 15.5 Å². The largest absolute Gasteiger partial charge is 0.353 e. The van der Waals surface area contributed by atoms with E-state index in [1.54, 1.807) is 59.8 Å². The summed E-state index contributed by atoms with van der Waals surface area (Å²) in [5, 5.41) is 5.82. The Labute approximate surface area is 184 Å². The molecule has 0 aliphatic carbocycles. The number of aromatic nitrogens is 2. The SMILES string of the molecule is O=C(CN1C(=O)c2ccccc2N2C(=O)c3ccccc3[C@@H]12)NCCNc1ncccn1. The van der Waals surface area contributed by atoms with Crippen LogP contribution in [0.4, 0.5) is 11.6 Å². The summed E-state index contributed by atoms with van der Waals surface area (Å²) in [5.41, 5.74) is 2.23. The van der Waals surface area contributed by atoms with Crippen LogP contribution in [0, 0.1) is 0 Å². The highest BCUT2D eigenvalue weighted by Crippen LogP contribution is 2.44. The van der Waals surface area contributed by atoms with Crippen molar-refractivity contribution in [3.8, 4) is 0 Å². The van der Waals surface area contributed by atoms with Crippen molar-refractivity contribution in [2.24, 2.45) is 0 Å². The minimum atomic E-state index is -0.650. The summed E-state index contributed by atoms with van der Waals surface area (Å²) in [4.78, 5) is 50.3. The van der Waals surface area contributed by atoms with Gasteiger partial charge in [0.25, 0.3) is 11.8 Å². The monoisotopic (exact) mass is 428 g/mol. The van der Waals surface area contributed by atoms with Gasteiger partial charge in [-0.05, 0) is 24.3 Å². The van der Waals surface area contributed by atoms with Crippen LogP contribution in [0.15, 0.2) is 67.0 Å². The van der Waals surface area contributed by atoms with Crippen molar-refractivity contribution >= 4 is 29.4 Å². The molecule has 5 rings (SSSR count). The van der Waals surface area contributed by atoms with E-state index in [2.05, 4.69) is 20.6 Å². The summed E-state index contributed by atoms with van der Waals surface area (Å²) in [5.74, 6) is -0.299. The topological polar surface area (TPSA) is 108 Å². The lowest BCUT2D eigenvalue weighted by molar-refractivity contribution is -0.122. The quantitative estimate of drug-likeness (QED) is 0.580. The molecule has 0 saturated carbocycles. The number of nitrogens with one attached hydrogen (secondary N) is 2. The van der Waals surface area contributed by atoms with Crippen LogP contribution in [-0.4, -0.2) is 52.2 Å². The van der Waals surface area contributed by atoms with Crippen LogP contribution < -0.4 is 15.5 Å². The van der Waals surface area contributed by atoms with Gasteiger partial charge in [-0.3, -0.25) is 19.3 Å². The van der Waals surface area contributed by atoms with E-state index in [0.29, 0.717) is 35.9 Å². The molecule has 9 nitrogen and oxygen atoms in total. The molecule has 3 heterocycles. The van der Waals surface area contributed by atoms with Crippen molar-refractivity contribution in [1.82, 2.24) is 20.2 Å². The van der Waals surface area contributed by atoms with E-state index in [1.165, 1.54) is 4.90 Å². The maximum atomic E-state index is 13.3. The van der Waals surface area contributed by atoms with Crippen molar-refractivity contribution in [1.29, 1.82) is 0 Å². The van der Waals surface area contributed by atoms with E-state index in [0.717, 1.165) is 5.56 Å². The van der Waals surface area contributed by atoms with Gasteiger partial charge in [-0.2, -0.15) is 0 Å². The first-order chi connectivity index (χ1) is 15.6. The molecule has 9 heteroatoms. The van der Waals surface area contributed by atoms with Crippen LogP contribution in [0.5, 0.6) is 0 Å². The molecule has 160 valence electrons. The molecule has 0 unspecified atom stereocenters. The molecule has 0 fully saturated rings. The molecule has 1 atom stereocenters. The Morgan fingerprint density at radius 3 is 2.41 bits per heavy atom. The van der Waals surface area contributed by atoms with Gasteiger partial charge in [-0.25, -0.2) is 9.97 Å². The number of fused-ring (bicyclic) bond motifs is 5. The van der Waals surface area contributed by atoms with Gasteiger partial charge in [0.2, 0.25) is 11.9 Å². The molecule has 1 aromatic heterocycles. The zero-order chi connectivity index (χ0) is 22.1. The maximum absolute atomic E-state index is 13.3. The number of carbonyl (C=O) groups excluding carboxylic acids is 3. The highest BCUT2D eigenvalue weighted by atomic mass is 16.2. The summed E-state index contributed by atoms with van der Waals surface area (Å²) in [6, 6.07) is 15.9. The van der Waals surface area contributed by atoms with Crippen molar-refractivity contribution in [3.63, 3.8) is 0 Å². The van der Waals surface area contributed by atoms with E-state index in [4.69, 9.17) is 0 Å². The third kappa shape index (κ3) is 3.33. The number of para-hydroxylation sites is 1. The first-order valence-corrected chi connectivity index (χ1v) is 10.3. The Hall–Kier alpha value is -4.27. The summed E-state index contributed by atoms with van der Waals surface area (Å²) in [6.07, 6.45) is 2.60. The van der Waals surface area contributed by atoms with Gasteiger partial charge in [0.05, 0.1) is 11.3 Å². The molecule has 2 aliphatic heterocycles. The number of nitrogens with zero attached hydrogens (tertiary/aromatic N) is 4. The number of hydrogen-bond donors (Lipinski definition) is 2. The van der Waals surface area contributed by atoms with Crippen LogP contribution in [0.25, 0.3) is 0 Å².